The molecule has 3 aliphatic rings. The summed E-state index contributed by atoms with van der Waals surface area (Å²) >= 11 is 0. The zero-order valence-electron chi connectivity index (χ0n) is 46.3. The van der Waals surface area contributed by atoms with Gasteiger partial charge in [-0.15, -0.1) is 0 Å². The molecule has 3 aliphatic carbocycles. The van der Waals surface area contributed by atoms with Crippen LogP contribution in [-0.2, 0) is 27.1 Å². The van der Waals surface area contributed by atoms with E-state index >= 15 is 0 Å². The van der Waals surface area contributed by atoms with Gasteiger partial charge in [-0.2, -0.15) is 0 Å². The van der Waals surface area contributed by atoms with Crippen LogP contribution < -0.4 is 4.90 Å². The molecule has 9 aromatic carbocycles. The Labute approximate surface area is 455 Å². The molecule has 0 fully saturated rings. The molecule has 378 valence electrons. The van der Waals surface area contributed by atoms with Crippen LogP contribution in [0, 0.1) is 0 Å². The van der Waals surface area contributed by atoms with Crippen molar-refractivity contribution in [1.29, 1.82) is 0 Å². The largest absolute Gasteiger partial charge is 0.310 e. The highest BCUT2D eigenvalue weighted by Gasteiger charge is 2.53. The minimum atomic E-state index is -0.600. The fraction of sp³-hybridized carbons (Fsp3) is 0.219. The molecule has 4 nitrogen and oxygen atoms in total. The van der Waals surface area contributed by atoms with Gasteiger partial charge in [0.05, 0.1) is 5.41 Å². The first-order valence-corrected chi connectivity index (χ1v) is 27.4. The van der Waals surface area contributed by atoms with E-state index in [1.807, 2.05) is 36.4 Å². The second-order valence-corrected chi connectivity index (χ2v) is 25.3. The van der Waals surface area contributed by atoms with Crippen LogP contribution >= 0.6 is 0 Å². The maximum absolute atomic E-state index is 5.23. The zero-order valence-corrected chi connectivity index (χ0v) is 46.3. The van der Waals surface area contributed by atoms with Crippen molar-refractivity contribution < 1.29 is 0 Å². The molecule has 0 N–H and O–H groups in total. The van der Waals surface area contributed by atoms with Gasteiger partial charge in [0.1, 0.15) is 0 Å². The van der Waals surface area contributed by atoms with E-state index in [0.29, 0.717) is 17.5 Å². The van der Waals surface area contributed by atoms with Crippen molar-refractivity contribution >= 4 is 17.1 Å². The Bertz CT molecular complexity index is 3850. The lowest BCUT2D eigenvalue weighted by Crippen LogP contribution is -2.28. The fourth-order valence-corrected chi connectivity index (χ4v) is 12.8. The SMILES string of the molecule is CC(C)(C)c1ccc2c(c1)C1(c3cc(N(c4cccc(-c5nc(-c6ccccc6)nc(-c6ccccc6)n5)c4)c4ccc5c(c4)C(C)(C)c4ccccc4-5)ccc3-2)c2cc(C(C)(C)C)ccc2-c2ccc(C(C)(C)C)cc21. The Morgan fingerprint density at radius 2 is 0.649 bits per heavy atom. The lowest BCUT2D eigenvalue weighted by Gasteiger charge is -2.34. The quantitative estimate of drug-likeness (QED) is 0.166. The first-order chi connectivity index (χ1) is 36.8. The van der Waals surface area contributed by atoms with Crippen LogP contribution in [-0.4, -0.2) is 15.0 Å². The third kappa shape index (κ3) is 7.65. The van der Waals surface area contributed by atoms with Gasteiger partial charge in [0.25, 0.3) is 0 Å². The summed E-state index contributed by atoms with van der Waals surface area (Å²) < 4.78 is 0. The summed E-state index contributed by atoms with van der Waals surface area (Å²) in [6.07, 6.45) is 0. The van der Waals surface area contributed by atoms with Gasteiger partial charge >= 0.3 is 0 Å². The molecular formula is C73H66N4. The van der Waals surface area contributed by atoms with Crippen molar-refractivity contribution in [2.24, 2.45) is 0 Å². The van der Waals surface area contributed by atoms with E-state index in [1.165, 1.54) is 83.5 Å². The third-order valence-corrected chi connectivity index (χ3v) is 17.0. The predicted molar refractivity (Wildman–Crippen MR) is 321 cm³/mol. The van der Waals surface area contributed by atoms with Gasteiger partial charge in [-0.1, -0.05) is 240 Å². The van der Waals surface area contributed by atoms with Crippen LogP contribution in [0.15, 0.2) is 200 Å². The van der Waals surface area contributed by atoms with Crippen molar-refractivity contribution in [3.63, 3.8) is 0 Å². The number of anilines is 3. The molecule has 10 aromatic rings. The van der Waals surface area contributed by atoms with Crippen LogP contribution in [0.2, 0.25) is 0 Å². The first-order valence-electron chi connectivity index (χ1n) is 27.4. The summed E-state index contributed by atoms with van der Waals surface area (Å²) in [5.41, 5.74) is 24.8. The first kappa shape index (κ1) is 48.4. The Balaban J connectivity index is 1.08. The maximum atomic E-state index is 5.23. The molecule has 4 heteroatoms. The van der Waals surface area contributed by atoms with E-state index in [-0.39, 0.29) is 21.7 Å². The van der Waals surface area contributed by atoms with Crippen LogP contribution in [0.3, 0.4) is 0 Å². The Kier molecular flexibility index (Phi) is 10.8. The van der Waals surface area contributed by atoms with Gasteiger partial charge in [-0.05, 0) is 136 Å². The molecule has 0 saturated heterocycles. The number of hydrogen-bond donors (Lipinski definition) is 0. The molecule has 0 radical (unpaired) electrons. The van der Waals surface area contributed by atoms with Crippen molar-refractivity contribution in [2.75, 3.05) is 4.90 Å². The third-order valence-electron chi connectivity index (χ3n) is 17.0. The number of rotatable bonds is 6. The Morgan fingerprint density at radius 1 is 0.299 bits per heavy atom. The molecule has 1 spiro atoms. The minimum absolute atomic E-state index is 0.0635. The molecule has 0 unspecified atom stereocenters. The van der Waals surface area contributed by atoms with Gasteiger partial charge in [-0.25, -0.2) is 15.0 Å². The standard InChI is InChI=1S/C73H66N4/c1-69(2,3)48-29-34-56-57-35-30-49(70(4,5)6)41-63(57)73(62(56)40-48)64-42-50(71(7,8)9)31-36-58(64)59-38-33-53(44-65(59)73)77(52-32-37-55-54-27-18-19-28-60(54)72(10,11)61(55)43-52)51-26-20-25-47(39-51)68-75-66(45-21-14-12-15-22-45)74-67(76-68)46-23-16-13-17-24-46/h12-44H,1-11H3. The number of benzene rings is 9. The molecule has 0 aliphatic heterocycles. The highest BCUT2D eigenvalue weighted by atomic mass is 15.1. The summed E-state index contributed by atoms with van der Waals surface area (Å²) in [6, 6.07) is 74.7. The average Bonchev–Trinajstić information content (AvgIpc) is 4.16. The Morgan fingerprint density at radius 3 is 1.12 bits per heavy atom. The van der Waals surface area contributed by atoms with Crippen molar-refractivity contribution in [3.05, 3.63) is 250 Å². The molecule has 1 aromatic heterocycles. The van der Waals surface area contributed by atoms with Crippen molar-refractivity contribution in [2.45, 2.75) is 103 Å². The van der Waals surface area contributed by atoms with Gasteiger partial charge in [0.15, 0.2) is 17.5 Å². The van der Waals surface area contributed by atoms with E-state index in [0.717, 1.165) is 33.8 Å². The number of nitrogens with zero attached hydrogens (tertiary/aromatic N) is 4. The summed E-state index contributed by atoms with van der Waals surface area (Å²) in [5.74, 6) is 1.89. The monoisotopic (exact) mass is 999 g/mol. The molecule has 1 heterocycles. The molecule has 77 heavy (non-hydrogen) atoms. The van der Waals surface area contributed by atoms with Crippen molar-refractivity contribution in [1.82, 2.24) is 15.0 Å². The molecule has 0 atom stereocenters. The van der Waals surface area contributed by atoms with Gasteiger partial charge < -0.3 is 4.90 Å². The normalized spacial score (nSPS) is 14.4. The topological polar surface area (TPSA) is 41.9 Å². The van der Waals surface area contributed by atoms with Gasteiger partial charge in [-0.3, -0.25) is 0 Å². The summed E-state index contributed by atoms with van der Waals surface area (Å²) in [4.78, 5) is 18.0. The van der Waals surface area contributed by atoms with Gasteiger partial charge in [0, 0.05) is 39.2 Å². The molecular weight excluding hydrogens is 933 g/mol. The minimum Gasteiger partial charge on any atom is -0.310 e. The number of fused-ring (bicyclic) bond motifs is 13. The second-order valence-electron chi connectivity index (χ2n) is 25.3. The smallest absolute Gasteiger partial charge is 0.164 e. The highest BCUT2D eigenvalue weighted by molar-refractivity contribution is 5.97. The molecule has 0 amide bonds. The van der Waals surface area contributed by atoms with Gasteiger partial charge in [0.2, 0.25) is 0 Å². The number of aromatic nitrogens is 3. The van der Waals surface area contributed by atoms with E-state index < -0.39 is 5.41 Å². The van der Waals surface area contributed by atoms with Crippen LogP contribution in [0.25, 0.3) is 67.5 Å². The van der Waals surface area contributed by atoms with Crippen LogP contribution in [0.5, 0.6) is 0 Å². The molecule has 13 rings (SSSR count). The Hall–Kier alpha value is -8.21. The molecule has 0 bridgehead atoms. The van der Waals surface area contributed by atoms with E-state index in [9.17, 15) is 0 Å². The summed E-state index contributed by atoms with van der Waals surface area (Å²) in [7, 11) is 0. The molecule has 0 saturated carbocycles. The second kappa shape index (κ2) is 17.1. The predicted octanol–water partition coefficient (Wildman–Crippen LogP) is 18.9. The van der Waals surface area contributed by atoms with Crippen molar-refractivity contribution in [3.8, 4) is 67.5 Å². The van der Waals surface area contributed by atoms with E-state index in [4.69, 9.17) is 15.0 Å². The van der Waals surface area contributed by atoms with E-state index in [1.54, 1.807) is 0 Å². The number of hydrogen-bond acceptors (Lipinski definition) is 4. The average molecular weight is 999 g/mol. The van der Waals surface area contributed by atoms with E-state index in [2.05, 4.69) is 245 Å². The summed E-state index contributed by atoms with van der Waals surface area (Å²) in [5, 5.41) is 0. The lowest BCUT2D eigenvalue weighted by molar-refractivity contribution is 0.584. The fourth-order valence-electron chi connectivity index (χ4n) is 12.8. The maximum Gasteiger partial charge on any atom is 0.164 e. The highest BCUT2D eigenvalue weighted by Crippen LogP contribution is 2.65. The zero-order chi connectivity index (χ0) is 53.4. The summed E-state index contributed by atoms with van der Waals surface area (Å²) in [6.45, 7) is 25.8. The van der Waals surface area contributed by atoms with Crippen LogP contribution in [0.1, 0.15) is 126 Å². The lowest BCUT2D eigenvalue weighted by atomic mass is 9.68. The van der Waals surface area contributed by atoms with Crippen LogP contribution in [0.4, 0.5) is 17.1 Å².